The zero-order valence-corrected chi connectivity index (χ0v) is 16.1. The van der Waals surface area contributed by atoms with Crippen molar-refractivity contribution >= 4 is 22.5 Å². The molecule has 1 aromatic carbocycles. The van der Waals surface area contributed by atoms with Crippen molar-refractivity contribution < 1.29 is 9.90 Å². The Balaban J connectivity index is 2.05. The largest absolute Gasteiger partial charge is 0.504 e. The second-order valence-electron chi connectivity index (χ2n) is 8.06. The number of carbonyl (C=O) groups is 1. The van der Waals surface area contributed by atoms with E-state index in [2.05, 4.69) is 15.3 Å². The molecule has 0 radical (unpaired) electrons. The number of rotatable bonds is 4. The Hall–Kier alpha value is -2.76. The van der Waals surface area contributed by atoms with E-state index in [-0.39, 0.29) is 23.0 Å². The number of nitrogens with zero attached hydrogens (tertiary/aromatic N) is 2. The van der Waals surface area contributed by atoms with Gasteiger partial charge in [0.2, 0.25) is 0 Å². The molecule has 2 heterocycles. The van der Waals surface area contributed by atoms with Crippen LogP contribution in [0.5, 0.6) is 5.75 Å². The summed E-state index contributed by atoms with van der Waals surface area (Å²) in [5.74, 6) is 0.760. The van der Waals surface area contributed by atoms with E-state index in [0.717, 1.165) is 11.0 Å². The number of hydrogen-bond donors (Lipinski definition) is 3. The van der Waals surface area contributed by atoms with Crippen LogP contribution in [0.15, 0.2) is 24.4 Å². The number of hydrogen-bond acceptors (Lipinski definition) is 4. The number of aromatic nitrogens is 3. The first-order chi connectivity index (χ1) is 12.1. The maximum atomic E-state index is 12.2. The fourth-order valence-electron chi connectivity index (χ4n) is 3.00. The summed E-state index contributed by atoms with van der Waals surface area (Å²) in [5.41, 5.74) is 3.28. The normalized spacial score (nSPS) is 12.1. The molecule has 3 rings (SSSR count). The second-order valence-corrected chi connectivity index (χ2v) is 8.06. The Morgan fingerprint density at radius 3 is 2.62 bits per heavy atom. The molecule has 0 bridgehead atoms. The SMILES string of the molecule is CC(C)C(=O)c1ccc2nc(-c3c(O)c(NC(C)(C)C)cn3C)[nH]c2c1. The zero-order chi connectivity index (χ0) is 19.2. The topological polar surface area (TPSA) is 82.9 Å². The molecule has 0 unspecified atom stereocenters. The van der Waals surface area contributed by atoms with Crippen LogP contribution in [0.25, 0.3) is 22.6 Å². The molecule has 0 spiro atoms. The van der Waals surface area contributed by atoms with E-state index in [9.17, 15) is 9.90 Å². The van der Waals surface area contributed by atoms with E-state index >= 15 is 0 Å². The number of imidazole rings is 1. The molecule has 2 aromatic heterocycles. The summed E-state index contributed by atoms with van der Waals surface area (Å²) in [6, 6.07) is 5.45. The smallest absolute Gasteiger partial charge is 0.168 e. The van der Waals surface area contributed by atoms with E-state index in [0.29, 0.717) is 22.8 Å². The molecule has 0 amide bonds. The number of carbonyl (C=O) groups excluding carboxylic acids is 1. The maximum absolute atomic E-state index is 12.2. The van der Waals surface area contributed by atoms with Crippen LogP contribution in [-0.2, 0) is 7.05 Å². The highest BCUT2D eigenvalue weighted by Crippen LogP contribution is 2.37. The minimum absolute atomic E-state index is 0.0576. The lowest BCUT2D eigenvalue weighted by molar-refractivity contribution is 0.0939. The first kappa shape index (κ1) is 18.0. The van der Waals surface area contributed by atoms with Crippen LogP contribution in [0.2, 0.25) is 0 Å². The van der Waals surface area contributed by atoms with Gasteiger partial charge in [0, 0.05) is 30.3 Å². The van der Waals surface area contributed by atoms with Crippen molar-refractivity contribution in [1.29, 1.82) is 0 Å². The van der Waals surface area contributed by atoms with Crippen LogP contribution < -0.4 is 5.32 Å². The third-order valence-corrected chi connectivity index (χ3v) is 4.18. The number of aromatic amines is 1. The van der Waals surface area contributed by atoms with Crippen molar-refractivity contribution in [2.75, 3.05) is 5.32 Å². The molecule has 0 aliphatic heterocycles. The van der Waals surface area contributed by atoms with Gasteiger partial charge in [-0.05, 0) is 39.0 Å². The zero-order valence-electron chi connectivity index (χ0n) is 16.1. The number of nitrogens with one attached hydrogen (secondary N) is 2. The summed E-state index contributed by atoms with van der Waals surface area (Å²) in [4.78, 5) is 20.0. The van der Waals surface area contributed by atoms with Gasteiger partial charge in [0.1, 0.15) is 5.69 Å². The van der Waals surface area contributed by atoms with Crippen molar-refractivity contribution in [2.45, 2.75) is 40.2 Å². The Labute approximate surface area is 153 Å². The monoisotopic (exact) mass is 354 g/mol. The molecule has 0 aliphatic rings. The molecule has 0 atom stereocenters. The maximum Gasteiger partial charge on any atom is 0.168 e. The average molecular weight is 354 g/mol. The van der Waals surface area contributed by atoms with E-state index in [4.69, 9.17) is 0 Å². The molecular formula is C20H26N4O2. The van der Waals surface area contributed by atoms with Gasteiger partial charge in [0.25, 0.3) is 0 Å². The molecule has 3 aromatic rings. The molecule has 6 heteroatoms. The van der Waals surface area contributed by atoms with Crippen molar-refractivity contribution in [1.82, 2.24) is 14.5 Å². The van der Waals surface area contributed by atoms with E-state index in [1.807, 2.05) is 64.6 Å². The van der Waals surface area contributed by atoms with Gasteiger partial charge < -0.3 is 20.0 Å². The average Bonchev–Trinajstić information content (AvgIpc) is 3.05. The second kappa shape index (κ2) is 6.20. The Morgan fingerprint density at radius 2 is 2.00 bits per heavy atom. The highest BCUT2D eigenvalue weighted by atomic mass is 16.3. The van der Waals surface area contributed by atoms with E-state index in [1.54, 1.807) is 6.07 Å². The van der Waals surface area contributed by atoms with Crippen LogP contribution >= 0.6 is 0 Å². The summed E-state index contributed by atoms with van der Waals surface area (Å²) in [5, 5.41) is 14.0. The summed E-state index contributed by atoms with van der Waals surface area (Å²) in [6.45, 7) is 9.88. The minimum atomic E-state index is -0.171. The number of ketones is 1. The highest BCUT2D eigenvalue weighted by molar-refractivity contribution is 6.00. The molecule has 26 heavy (non-hydrogen) atoms. The first-order valence-electron chi connectivity index (χ1n) is 8.77. The Kier molecular flexibility index (Phi) is 4.30. The molecule has 3 N–H and O–H groups in total. The van der Waals surface area contributed by atoms with Gasteiger partial charge >= 0.3 is 0 Å². The van der Waals surface area contributed by atoms with Gasteiger partial charge in [-0.15, -0.1) is 0 Å². The van der Waals surface area contributed by atoms with Crippen LogP contribution in [0.4, 0.5) is 5.69 Å². The van der Waals surface area contributed by atoms with E-state index in [1.165, 1.54) is 0 Å². The third kappa shape index (κ3) is 3.31. The predicted octanol–water partition coefficient (Wildman–Crippen LogP) is 4.32. The van der Waals surface area contributed by atoms with Crippen molar-refractivity contribution in [3.8, 4) is 17.3 Å². The van der Waals surface area contributed by atoms with Crippen LogP contribution in [-0.4, -0.2) is 31.0 Å². The van der Waals surface area contributed by atoms with Crippen LogP contribution in [0.1, 0.15) is 45.0 Å². The number of H-pyrrole nitrogens is 1. The predicted molar refractivity (Wildman–Crippen MR) is 105 cm³/mol. The molecule has 0 aliphatic carbocycles. The lowest BCUT2D eigenvalue weighted by Crippen LogP contribution is -2.25. The molecule has 0 saturated heterocycles. The molecule has 0 fully saturated rings. The van der Waals surface area contributed by atoms with Crippen LogP contribution in [0.3, 0.4) is 0 Å². The summed E-state index contributed by atoms with van der Waals surface area (Å²) in [7, 11) is 1.86. The van der Waals surface area contributed by atoms with Gasteiger partial charge in [-0.2, -0.15) is 0 Å². The molecular weight excluding hydrogens is 328 g/mol. The lowest BCUT2D eigenvalue weighted by Gasteiger charge is -2.21. The quantitative estimate of drug-likeness (QED) is 0.609. The highest BCUT2D eigenvalue weighted by Gasteiger charge is 2.21. The van der Waals surface area contributed by atoms with Gasteiger partial charge in [0.15, 0.2) is 17.4 Å². The lowest BCUT2D eigenvalue weighted by atomic mass is 10.0. The number of anilines is 1. The Bertz CT molecular complexity index is 974. The van der Waals surface area contributed by atoms with Gasteiger partial charge in [0.05, 0.1) is 16.7 Å². The molecule has 6 nitrogen and oxygen atoms in total. The molecule has 138 valence electrons. The van der Waals surface area contributed by atoms with Gasteiger partial charge in [-0.3, -0.25) is 4.79 Å². The standard InChI is InChI=1S/C20H26N4O2/c1-11(2)17(25)12-7-8-13-14(9-12)22-19(21-13)16-18(26)15(10-24(16)6)23-20(3,4)5/h7-11,23,26H,1-6H3,(H,21,22). The van der Waals surface area contributed by atoms with Crippen LogP contribution in [0, 0.1) is 5.92 Å². The fourth-order valence-corrected chi connectivity index (χ4v) is 3.00. The van der Waals surface area contributed by atoms with Crippen molar-refractivity contribution in [3.63, 3.8) is 0 Å². The summed E-state index contributed by atoms with van der Waals surface area (Å²) in [6.07, 6.45) is 1.84. The number of fused-ring (bicyclic) bond motifs is 1. The number of benzene rings is 1. The first-order valence-corrected chi connectivity index (χ1v) is 8.77. The summed E-state index contributed by atoms with van der Waals surface area (Å²) >= 11 is 0. The number of Topliss-reactive ketones (excluding diaryl/α,β-unsaturated/α-hetero) is 1. The summed E-state index contributed by atoms with van der Waals surface area (Å²) < 4.78 is 1.83. The third-order valence-electron chi connectivity index (χ3n) is 4.18. The van der Waals surface area contributed by atoms with E-state index < -0.39 is 0 Å². The fraction of sp³-hybridized carbons (Fsp3) is 0.400. The minimum Gasteiger partial charge on any atom is -0.504 e. The Morgan fingerprint density at radius 1 is 1.31 bits per heavy atom. The number of aromatic hydroxyl groups is 1. The number of aryl methyl sites for hydroxylation is 1. The van der Waals surface area contributed by atoms with Gasteiger partial charge in [-0.25, -0.2) is 4.98 Å². The molecule has 0 saturated carbocycles. The van der Waals surface area contributed by atoms with Crippen molar-refractivity contribution in [3.05, 3.63) is 30.0 Å². The van der Waals surface area contributed by atoms with Crippen molar-refractivity contribution in [2.24, 2.45) is 13.0 Å². The van der Waals surface area contributed by atoms with Gasteiger partial charge in [-0.1, -0.05) is 13.8 Å².